The van der Waals surface area contributed by atoms with E-state index in [4.69, 9.17) is 0 Å². The van der Waals surface area contributed by atoms with Crippen molar-refractivity contribution in [3.05, 3.63) is 69.3 Å². The largest absolute Gasteiger partial charge is 0.322 e. The van der Waals surface area contributed by atoms with Gasteiger partial charge in [0.25, 0.3) is 11.6 Å². The molecule has 0 saturated carbocycles. The molecule has 1 N–H and O–H groups in total. The van der Waals surface area contributed by atoms with Crippen LogP contribution in [0.4, 0.5) is 11.4 Å². The molecule has 2 aromatic rings. The minimum absolute atomic E-state index is 0.0618. The Morgan fingerprint density at radius 1 is 1.23 bits per heavy atom. The van der Waals surface area contributed by atoms with Crippen molar-refractivity contribution in [3.8, 4) is 0 Å². The Kier molecular flexibility index (Phi) is 5.90. The fourth-order valence-electron chi connectivity index (χ4n) is 3.00. The molecule has 0 unspecified atom stereocenters. The molecular formula is C19H21N3O3S. The molecule has 1 aliphatic rings. The van der Waals surface area contributed by atoms with E-state index in [2.05, 4.69) is 16.3 Å². The molecule has 0 spiro atoms. The molecular weight excluding hydrogens is 350 g/mol. The predicted molar refractivity (Wildman–Crippen MR) is 105 cm³/mol. The van der Waals surface area contributed by atoms with E-state index >= 15 is 0 Å². The van der Waals surface area contributed by atoms with Crippen LogP contribution in [-0.2, 0) is 6.54 Å². The van der Waals surface area contributed by atoms with Crippen molar-refractivity contribution in [3.63, 3.8) is 0 Å². The highest BCUT2D eigenvalue weighted by atomic mass is 32.2. The summed E-state index contributed by atoms with van der Waals surface area (Å²) in [6.45, 7) is 5.03. The number of carbonyl (C=O) groups is 1. The molecule has 1 saturated heterocycles. The summed E-state index contributed by atoms with van der Waals surface area (Å²) in [6.07, 6.45) is 0. The number of nitrogens with one attached hydrogen (secondary N) is 1. The van der Waals surface area contributed by atoms with E-state index in [1.54, 1.807) is 12.1 Å². The number of nitrogens with zero attached hydrogens (tertiary/aromatic N) is 2. The second-order valence-electron chi connectivity index (χ2n) is 6.27. The van der Waals surface area contributed by atoms with Gasteiger partial charge in [0.05, 0.1) is 4.92 Å². The molecule has 3 rings (SSSR count). The van der Waals surface area contributed by atoms with E-state index < -0.39 is 10.8 Å². The van der Waals surface area contributed by atoms with Crippen LogP contribution in [0, 0.1) is 17.0 Å². The van der Waals surface area contributed by atoms with Gasteiger partial charge in [-0.1, -0.05) is 24.3 Å². The minimum atomic E-state index is -0.540. The topological polar surface area (TPSA) is 75.5 Å². The van der Waals surface area contributed by atoms with Crippen molar-refractivity contribution in [1.29, 1.82) is 0 Å². The van der Waals surface area contributed by atoms with Crippen LogP contribution in [0.1, 0.15) is 21.5 Å². The van der Waals surface area contributed by atoms with Crippen molar-refractivity contribution in [2.24, 2.45) is 0 Å². The molecule has 7 heteroatoms. The summed E-state index contributed by atoms with van der Waals surface area (Å²) in [7, 11) is 0. The van der Waals surface area contributed by atoms with Crippen LogP contribution >= 0.6 is 11.8 Å². The van der Waals surface area contributed by atoms with E-state index in [-0.39, 0.29) is 11.3 Å². The highest BCUT2D eigenvalue weighted by Gasteiger charge is 2.19. The van der Waals surface area contributed by atoms with Crippen LogP contribution < -0.4 is 5.32 Å². The van der Waals surface area contributed by atoms with Gasteiger partial charge in [-0.25, -0.2) is 0 Å². The summed E-state index contributed by atoms with van der Waals surface area (Å²) in [5, 5.41) is 13.9. The van der Waals surface area contributed by atoms with Crippen molar-refractivity contribution < 1.29 is 9.72 Å². The molecule has 6 nitrogen and oxygen atoms in total. The number of benzene rings is 2. The Morgan fingerprint density at radius 2 is 1.96 bits per heavy atom. The number of para-hydroxylation sites is 1. The lowest BCUT2D eigenvalue weighted by molar-refractivity contribution is -0.385. The van der Waals surface area contributed by atoms with E-state index in [9.17, 15) is 14.9 Å². The van der Waals surface area contributed by atoms with Gasteiger partial charge in [0, 0.05) is 42.9 Å². The van der Waals surface area contributed by atoms with Gasteiger partial charge in [-0.2, -0.15) is 11.8 Å². The summed E-state index contributed by atoms with van der Waals surface area (Å²) in [5.41, 5.74) is 2.69. The Hall–Kier alpha value is -2.38. The van der Waals surface area contributed by atoms with Crippen LogP contribution in [0.5, 0.6) is 0 Å². The maximum atomic E-state index is 12.5. The van der Waals surface area contributed by atoms with E-state index in [0.29, 0.717) is 5.69 Å². The van der Waals surface area contributed by atoms with E-state index in [1.807, 2.05) is 30.8 Å². The zero-order valence-electron chi connectivity index (χ0n) is 14.6. The summed E-state index contributed by atoms with van der Waals surface area (Å²) < 4.78 is 0. The third-order valence-electron chi connectivity index (χ3n) is 4.39. The molecule has 1 amide bonds. The van der Waals surface area contributed by atoms with Gasteiger partial charge in [-0.3, -0.25) is 19.8 Å². The molecule has 0 radical (unpaired) electrons. The molecule has 1 aliphatic heterocycles. The first-order valence-corrected chi connectivity index (χ1v) is 9.64. The third kappa shape index (κ3) is 4.42. The molecule has 1 heterocycles. The molecule has 2 aromatic carbocycles. The summed E-state index contributed by atoms with van der Waals surface area (Å²) in [5.74, 6) is 1.87. The number of nitro benzene ring substituents is 1. The standard InChI is InChI=1S/C19H21N3O3S/c1-14-12-15(13-21-8-10-26-11-9-21)6-7-17(14)20-19(23)16-4-2-3-5-18(16)22(24)25/h2-7,12H,8-11,13H2,1H3,(H,20,23). The van der Waals surface area contributed by atoms with Crippen molar-refractivity contribution in [1.82, 2.24) is 4.90 Å². The maximum Gasteiger partial charge on any atom is 0.282 e. The maximum absolute atomic E-state index is 12.5. The first-order chi connectivity index (χ1) is 12.5. The first kappa shape index (κ1) is 18.4. The average Bonchev–Trinajstić information content (AvgIpc) is 2.64. The lowest BCUT2D eigenvalue weighted by Crippen LogP contribution is -2.31. The van der Waals surface area contributed by atoms with Crippen LogP contribution in [0.3, 0.4) is 0 Å². The zero-order chi connectivity index (χ0) is 18.5. The lowest BCUT2D eigenvalue weighted by Gasteiger charge is -2.26. The highest BCUT2D eigenvalue weighted by molar-refractivity contribution is 7.99. The second-order valence-corrected chi connectivity index (χ2v) is 7.49. The number of nitro groups is 1. The summed E-state index contributed by atoms with van der Waals surface area (Å²) in [6, 6.07) is 11.9. The Bertz CT molecular complexity index is 819. The third-order valence-corrected chi connectivity index (χ3v) is 5.34. The number of carbonyl (C=O) groups excluding carboxylic acids is 1. The van der Waals surface area contributed by atoms with E-state index in [0.717, 1.165) is 25.2 Å². The molecule has 0 atom stereocenters. The molecule has 26 heavy (non-hydrogen) atoms. The van der Waals surface area contributed by atoms with E-state index in [1.165, 1.54) is 29.2 Å². The SMILES string of the molecule is Cc1cc(CN2CCSCC2)ccc1NC(=O)c1ccccc1[N+](=O)[O-]. The monoisotopic (exact) mass is 371 g/mol. The number of aryl methyl sites for hydroxylation is 1. The van der Waals surface area contributed by atoms with Gasteiger partial charge in [-0.05, 0) is 30.2 Å². The van der Waals surface area contributed by atoms with Crippen molar-refractivity contribution in [2.45, 2.75) is 13.5 Å². The van der Waals surface area contributed by atoms with Gasteiger partial charge in [-0.15, -0.1) is 0 Å². The number of anilines is 1. The smallest absolute Gasteiger partial charge is 0.282 e. The van der Waals surface area contributed by atoms with Gasteiger partial charge in [0.15, 0.2) is 0 Å². The Labute approximate surface area is 156 Å². The van der Waals surface area contributed by atoms with Gasteiger partial charge in [0.1, 0.15) is 5.56 Å². The number of hydrogen-bond donors (Lipinski definition) is 1. The second kappa shape index (κ2) is 8.33. The summed E-state index contributed by atoms with van der Waals surface area (Å²) in [4.78, 5) is 25.5. The van der Waals surface area contributed by atoms with Crippen molar-refractivity contribution in [2.75, 3.05) is 29.9 Å². The zero-order valence-corrected chi connectivity index (χ0v) is 15.4. The number of rotatable bonds is 5. The molecule has 0 bridgehead atoms. The quantitative estimate of drug-likeness (QED) is 0.641. The fourth-order valence-corrected chi connectivity index (χ4v) is 3.98. The molecule has 136 valence electrons. The Balaban J connectivity index is 1.72. The molecule has 0 aliphatic carbocycles. The van der Waals surface area contributed by atoms with Gasteiger partial charge >= 0.3 is 0 Å². The fraction of sp³-hybridized carbons (Fsp3) is 0.316. The summed E-state index contributed by atoms with van der Waals surface area (Å²) >= 11 is 1.99. The van der Waals surface area contributed by atoms with Crippen LogP contribution in [-0.4, -0.2) is 40.3 Å². The minimum Gasteiger partial charge on any atom is -0.322 e. The molecule has 1 fully saturated rings. The predicted octanol–water partition coefficient (Wildman–Crippen LogP) is 3.70. The van der Waals surface area contributed by atoms with Crippen molar-refractivity contribution >= 4 is 29.0 Å². The average molecular weight is 371 g/mol. The number of amides is 1. The van der Waals surface area contributed by atoms with Crippen LogP contribution in [0.25, 0.3) is 0 Å². The number of hydrogen-bond acceptors (Lipinski definition) is 5. The first-order valence-electron chi connectivity index (χ1n) is 8.49. The highest BCUT2D eigenvalue weighted by Crippen LogP contribution is 2.22. The van der Waals surface area contributed by atoms with Crippen LogP contribution in [0.15, 0.2) is 42.5 Å². The van der Waals surface area contributed by atoms with Gasteiger partial charge < -0.3 is 5.32 Å². The van der Waals surface area contributed by atoms with Crippen LogP contribution in [0.2, 0.25) is 0 Å². The normalized spacial score (nSPS) is 14.8. The van der Waals surface area contributed by atoms with Gasteiger partial charge in [0.2, 0.25) is 0 Å². The Morgan fingerprint density at radius 3 is 2.65 bits per heavy atom. The molecule has 0 aromatic heterocycles. The lowest BCUT2D eigenvalue weighted by atomic mass is 10.1. The number of thioether (sulfide) groups is 1.